The number of sulfone groups is 1. The minimum Gasteiger partial charge on any atom is -0.489 e. The highest BCUT2D eigenvalue weighted by atomic mass is 32.2. The SMILES string of the molecule is NC(=O)c1cccc(S(=O)(=O)c2cc3c(c([N+](=O)[O-])c2)N[C@@H](C2CCOCC2)CO3)c1N1C[C@@H](C(F)(F)F)Oc2nc3[nH]ccc3cc21. The average molecular weight is 689 g/mol. The number of nitro benzene ring substituents is 1. The molecule has 48 heavy (non-hydrogen) atoms. The van der Waals surface area contributed by atoms with Crippen LogP contribution in [-0.4, -0.2) is 73.9 Å². The summed E-state index contributed by atoms with van der Waals surface area (Å²) < 4.78 is 87.9. The number of amides is 1. The maximum atomic E-state index is 14.4. The molecule has 2 aromatic carbocycles. The van der Waals surface area contributed by atoms with E-state index in [1.54, 1.807) is 6.07 Å². The lowest BCUT2D eigenvalue weighted by molar-refractivity contribution is -0.384. The number of aromatic amines is 1. The number of H-pyrrole nitrogens is 1. The Kier molecular flexibility index (Phi) is 7.58. The predicted molar refractivity (Wildman–Crippen MR) is 164 cm³/mol. The van der Waals surface area contributed by atoms with Gasteiger partial charge in [0, 0.05) is 36.9 Å². The molecule has 2 aromatic heterocycles. The van der Waals surface area contributed by atoms with Crippen molar-refractivity contribution < 1.29 is 45.5 Å². The molecule has 2 atom stereocenters. The number of benzene rings is 2. The van der Waals surface area contributed by atoms with Crippen LogP contribution in [0.3, 0.4) is 0 Å². The van der Waals surface area contributed by atoms with E-state index in [2.05, 4.69) is 15.3 Å². The standard InChI is InChI=1S/C30H27F3N6O8S/c31-30(32,33)24-13-38(21-10-16-4-7-35-28(16)37-29(21)47-24)26-18(27(34)40)2-1-3-23(26)48(43,44)17-11-20(39(41)42)25-22(12-17)46-14-19(36-25)15-5-8-45-9-6-15/h1-4,7,10-12,15,19,24,36H,5-6,8-9,13-14H2,(H2,34,40)(H,35,37)/t19-,24+/m1/s1. The molecule has 4 aromatic rings. The van der Waals surface area contributed by atoms with Gasteiger partial charge in [-0.3, -0.25) is 14.9 Å². The molecule has 0 saturated carbocycles. The number of hydrogen-bond acceptors (Lipinski definition) is 11. The van der Waals surface area contributed by atoms with Crippen LogP contribution < -0.4 is 25.4 Å². The highest BCUT2D eigenvalue weighted by Crippen LogP contribution is 2.47. The van der Waals surface area contributed by atoms with Crippen molar-refractivity contribution in [1.29, 1.82) is 0 Å². The summed E-state index contributed by atoms with van der Waals surface area (Å²) in [5.41, 5.74) is 4.34. The molecule has 0 bridgehead atoms. The van der Waals surface area contributed by atoms with Crippen LogP contribution in [0.1, 0.15) is 23.2 Å². The molecule has 4 N–H and O–H groups in total. The van der Waals surface area contributed by atoms with Gasteiger partial charge in [0.25, 0.3) is 11.6 Å². The zero-order chi connectivity index (χ0) is 34.0. The van der Waals surface area contributed by atoms with Crippen LogP contribution in [0.4, 0.5) is 35.9 Å². The first-order valence-electron chi connectivity index (χ1n) is 14.8. The molecule has 252 valence electrons. The Balaban J connectivity index is 1.38. The topological polar surface area (TPSA) is 192 Å². The van der Waals surface area contributed by atoms with E-state index in [0.717, 1.165) is 23.1 Å². The summed E-state index contributed by atoms with van der Waals surface area (Å²) in [4.78, 5) is 31.0. The third-order valence-corrected chi connectivity index (χ3v) is 10.5. The molecule has 5 heterocycles. The number of primary amides is 1. The van der Waals surface area contributed by atoms with E-state index in [1.807, 2.05) is 0 Å². The maximum absolute atomic E-state index is 14.4. The van der Waals surface area contributed by atoms with Crippen molar-refractivity contribution in [1.82, 2.24) is 9.97 Å². The number of para-hydroxylation sites is 1. The first kappa shape index (κ1) is 31.5. The molecular formula is C30H27F3N6O8S. The number of halogens is 3. The van der Waals surface area contributed by atoms with Gasteiger partial charge in [-0.15, -0.1) is 0 Å². The summed E-state index contributed by atoms with van der Waals surface area (Å²) in [7, 11) is -4.81. The number of carbonyl (C=O) groups is 1. The number of fused-ring (bicyclic) bond motifs is 3. The molecule has 14 nitrogen and oxygen atoms in total. The molecule has 0 radical (unpaired) electrons. The van der Waals surface area contributed by atoms with Crippen molar-refractivity contribution in [3.05, 3.63) is 64.3 Å². The monoisotopic (exact) mass is 688 g/mol. The predicted octanol–water partition coefficient (Wildman–Crippen LogP) is 4.46. The molecule has 7 rings (SSSR count). The third kappa shape index (κ3) is 5.39. The molecule has 1 saturated heterocycles. The fourth-order valence-corrected chi connectivity index (χ4v) is 7.82. The summed E-state index contributed by atoms with van der Waals surface area (Å²) in [6, 6.07) is 8.18. The number of hydrogen-bond donors (Lipinski definition) is 3. The lowest BCUT2D eigenvalue weighted by atomic mass is 9.91. The van der Waals surface area contributed by atoms with Crippen LogP contribution in [0.5, 0.6) is 11.6 Å². The van der Waals surface area contributed by atoms with Crippen molar-refractivity contribution >= 4 is 49.5 Å². The van der Waals surface area contributed by atoms with Crippen LogP contribution >= 0.6 is 0 Å². The molecular weight excluding hydrogens is 661 g/mol. The van der Waals surface area contributed by atoms with E-state index in [1.165, 1.54) is 24.4 Å². The largest absolute Gasteiger partial charge is 0.489 e. The number of nitro groups is 1. The Bertz CT molecular complexity index is 2070. The molecule has 0 spiro atoms. The number of ether oxygens (including phenoxy) is 3. The number of carbonyl (C=O) groups excluding carboxylic acids is 1. The Morgan fingerprint density at radius 3 is 2.62 bits per heavy atom. The third-order valence-electron chi connectivity index (χ3n) is 8.71. The van der Waals surface area contributed by atoms with Crippen molar-refractivity contribution in [3.8, 4) is 11.6 Å². The second-order valence-corrected chi connectivity index (χ2v) is 13.5. The summed E-state index contributed by atoms with van der Waals surface area (Å²) in [6.45, 7) is 0.201. The number of alkyl halides is 3. The molecule has 3 aliphatic heterocycles. The van der Waals surface area contributed by atoms with E-state index in [4.69, 9.17) is 19.9 Å². The Morgan fingerprint density at radius 1 is 1.15 bits per heavy atom. The zero-order valence-electron chi connectivity index (χ0n) is 24.8. The van der Waals surface area contributed by atoms with E-state index < -0.39 is 72.1 Å². The van der Waals surface area contributed by atoms with Crippen molar-refractivity contribution in [3.63, 3.8) is 0 Å². The fraction of sp³-hybridized carbons (Fsp3) is 0.333. The quantitative estimate of drug-likeness (QED) is 0.191. The number of nitrogens with one attached hydrogen (secondary N) is 2. The van der Waals surface area contributed by atoms with Gasteiger partial charge in [0.05, 0.1) is 38.6 Å². The molecule has 0 unspecified atom stereocenters. The van der Waals surface area contributed by atoms with Gasteiger partial charge >= 0.3 is 6.18 Å². The number of rotatable bonds is 6. The van der Waals surface area contributed by atoms with E-state index >= 15 is 0 Å². The van der Waals surface area contributed by atoms with Crippen molar-refractivity contribution in [2.45, 2.75) is 41.0 Å². The van der Waals surface area contributed by atoms with Gasteiger partial charge < -0.3 is 35.1 Å². The fourth-order valence-electron chi connectivity index (χ4n) is 6.31. The van der Waals surface area contributed by atoms with E-state index in [-0.39, 0.29) is 41.3 Å². The first-order chi connectivity index (χ1) is 22.8. The van der Waals surface area contributed by atoms with Gasteiger partial charge in [0.1, 0.15) is 17.9 Å². The normalized spacial score (nSPS) is 19.9. The Morgan fingerprint density at radius 2 is 1.92 bits per heavy atom. The number of nitrogens with two attached hydrogens (primary N) is 1. The van der Waals surface area contributed by atoms with E-state index in [9.17, 15) is 36.5 Å². The highest BCUT2D eigenvalue weighted by molar-refractivity contribution is 7.91. The second-order valence-electron chi connectivity index (χ2n) is 11.6. The molecule has 0 aliphatic carbocycles. The number of nitrogens with zero attached hydrogens (tertiary/aromatic N) is 3. The van der Waals surface area contributed by atoms with Crippen LogP contribution in [0.2, 0.25) is 0 Å². The van der Waals surface area contributed by atoms with Gasteiger partial charge in [-0.05, 0) is 43.0 Å². The molecule has 1 amide bonds. The second kappa shape index (κ2) is 11.6. The van der Waals surface area contributed by atoms with Crippen LogP contribution in [0, 0.1) is 16.0 Å². The minimum absolute atomic E-state index is 0.00419. The van der Waals surface area contributed by atoms with Gasteiger partial charge in [-0.2, -0.15) is 18.2 Å². The zero-order valence-corrected chi connectivity index (χ0v) is 25.6. The highest BCUT2D eigenvalue weighted by Gasteiger charge is 2.48. The Hall–Kier alpha value is -5.10. The summed E-state index contributed by atoms with van der Waals surface area (Å²) >= 11 is 0. The molecule has 3 aliphatic rings. The van der Waals surface area contributed by atoms with Crippen LogP contribution in [0.25, 0.3) is 11.0 Å². The van der Waals surface area contributed by atoms with Crippen molar-refractivity contribution in [2.75, 3.05) is 36.6 Å². The lowest BCUT2D eigenvalue weighted by Gasteiger charge is -2.37. The van der Waals surface area contributed by atoms with Crippen LogP contribution in [-0.2, 0) is 14.6 Å². The van der Waals surface area contributed by atoms with Gasteiger partial charge in [0.2, 0.25) is 21.8 Å². The summed E-state index contributed by atoms with van der Waals surface area (Å²) in [6.07, 6.45) is -4.47. The van der Waals surface area contributed by atoms with Gasteiger partial charge in [-0.1, -0.05) is 6.07 Å². The summed E-state index contributed by atoms with van der Waals surface area (Å²) in [5, 5.41) is 15.9. The number of aromatic nitrogens is 2. The van der Waals surface area contributed by atoms with Gasteiger partial charge in [0.15, 0.2) is 11.4 Å². The lowest BCUT2D eigenvalue weighted by Crippen LogP contribution is -2.47. The smallest absolute Gasteiger partial charge is 0.427 e. The number of pyridine rings is 1. The van der Waals surface area contributed by atoms with Crippen LogP contribution in [0.15, 0.2) is 58.5 Å². The van der Waals surface area contributed by atoms with Crippen molar-refractivity contribution in [2.24, 2.45) is 11.7 Å². The minimum atomic E-state index is -4.92. The molecule has 1 fully saturated rings. The summed E-state index contributed by atoms with van der Waals surface area (Å²) in [5.74, 6) is -1.58. The number of anilines is 3. The first-order valence-corrected chi connectivity index (χ1v) is 16.3. The Labute approximate surface area is 270 Å². The van der Waals surface area contributed by atoms with E-state index in [0.29, 0.717) is 31.4 Å². The maximum Gasteiger partial charge on any atom is 0.427 e. The van der Waals surface area contributed by atoms with Gasteiger partial charge in [-0.25, -0.2) is 8.42 Å². The average Bonchev–Trinajstić information content (AvgIpc) is 3.53. The molecule has 18 heteroatoms.